The lowest BCUT2D eigenvalue weighted by molar-refractivity contribution is -0.132. The highest BCUT2D eigenvalue weighted by Crippen LogP contribution is 2.17. The van der Waals surface area contributed by atoms with Crippen LogP contribution in [0.1, 0.15) is 5.56 Å². The van der Waals surface area contributed by atoms with Gasteiger partial charge in [-0.3, -0.25) is 4.79 Å². The average molecular weight is 291 g/mol. The number of nitrogens with zero attached hydrogens (tertiary/aromatic N) is 1. The Kier molecular flexibility index (Phi) is 4.87. The molecule has 0 spiro atoms. The molecule has 0 unspecified atom stereocenters. The van der Waals surface area contributed by atoms with Gasteiger partial charge in [-0.1, -0.05) is 30.3 Å². The number of halogens is 2. The van der Waals surface area contributed by atoms with Crippen molar-refractivity contribution in [3.05, 3.63) is 65.7 Å². The van der Waals surface area contributed by atoms with Crippen LogP contribution in [-0.2, 0) is 11.3 Å². The maximum atomic E-state index is 13.4. The summed E-state index contributed by atoms with van der Waals surface area (Å²) >= 11 is 0. The molecule has 0 atom stereocenters. The maximum absolute atomic E-state index is 13.4. The molecule has 0 N–H and O–H groups in total. The predicted molar refractivity (Wildman–Crippen MR) is 74.8 cm³/mol. The molecule has 0 radical (unpaired) electrons. The lowest BCUT2D eigenvalue weighted by Gasteiger charge is -2.17. The van der Waals surface area contributed by atoms with Crippen molar-refractivity contribution in [2.24, 2.45) is 0 Å². The Labute approximate surface area is 121 Å². The zero-order chi connectivity index (χ0) is 15.2. The van der Waals surface area contributed by atoms with Crippen LogP contribution in [0.25, 0.3) is 0 Å². The Bertz CT molecular complexity index is 617. The number of carbonyl (C=O) groups excluding carboxylic acids is 1. The number of carbonyl (C=O) groups is 1. The lowest BCUT2D eigenvalue weighted by Crippen LogP contribution is -2.31. The number of hydrogen-bond donors (Lipinski definition) is 0. The van der Waals surface area contributed by atoms with Crippen molar-refractivity contribution in [1.82, 2.24) is 4.90 Å². The van der Waals surface area contributed by atoms with Crippen LogP contribution in [0.15, 0.2) is 48.5 Å². The van der Waals surface area contributed by atoms with E-state index in [1.54, 1.807) is 7.05 Å². The number of amides is 1. The number of ether oxygens (including phenoxy) is 1. The molecule has 0 aliphatic rings. The molecular weight excluding hydrogens is 276 g/mol. The molecular formula is C16H15F2NO2. The standard InChI is InChI=1S/C16H15F2NO2/c1-19(10-12-5-3-2-4-6-12)16(20)11-21-15-8-7-13(17)9-14(15)18/h2-9H,10-11H2,1H3. The summed E-state index contributed by atoms with van der Waals surface area (Å²) in [5, 5.41) is 0. The Balaban J connectivity index is 1.89. The van der Waals surface area contributed by atoms with Crippen molar-refractivity contribution >= 4 is 5.91 Å². The molecule has 0 heterocycles. The zero-order valence-corrected chi connectivity index (χ0v) is 11.6. The van der Waals surface area contributed by atoms with E-state index in [9.17, 15) is 13.6 Å². The van der Waals surface area contributed by atoms with Gasteiger partial charge in [-0.15, -0.1) is 0 Å². The van der Waals surface area contributed by atoms with Gasteiger partial charge in [0.05, 0.1) is 0 Å². The third kappa shape index (κ3) is 4.27. The number of rotatable bonds is 5. The summed E-state index contributed by atoms with van der Waals surface area (Å²) in [5.41, 5.74) is 0.987. The van der Waals surface area contributed by atoms with Crippen LogP contribution in [-0.4, -0.2) is 24.5 Å². The first-order chi connectivity index (χ1) is 10.1. The van der Waals surface area contributed by atoms with Gasteiger partial charge in [0, 0.05) is 19.7 Å². The van der Waals surface area contributed by atoms with Gasteiger partial charge in [0.2, 0.25) is 0 Å². The topological polar surface area (TPSA) is 29.5 Å². The van der Waals surface area contributed by atoms with Gasteiger partial charge in [-0.25, -0.2) is 8.78 Å². The largest absolute Gasteiger partial charge is 0.481 e. The number of benzene rings is 2. The third-order valence-electron chi connectivity index (χ3n) is 2.93. The van der Waals surface area contributed by atoms with Crippen LogP contribution >= 0.6 is 0 Å². The van der Waals surface area contributed by atoms with E-state index in [2.05, 4.69) is 0 Å². The van der Waals surface area contributed by atoms with E-state index in [1.807, 2.05) is 30.3 Å². The van der Waals surface area contributed by atoms with Crippen molar-refractivity contribution in [2.45, 2.75) is 6.54 Å². The minimum Gasteiger partial charge on any atom is -0.481 e. The monoisotopic (exact) mass is 291 g/mol. The zero-order valence-electron chi connectivity index (χ0n) is 11.6. The second-order valence-corrected chi connectivity index (χ2v) is 4.60. The Hall–Kier alpha value is -2.43. The highest BCUT2D eigenvalue weighted by molar-refractivity contribution is 5.77. The van der Waals surface area contributed by atoms with Crippen LogP contribution in [0.4, 0.5) is 8.78 Å². The van der Waals surface area contributed by atoms with Gasteiger partial charge in [-0.05, 0) is 17.7 Å². The van der Waals surface area contributed by atoms with Gasteiger partial charge in [0.15, 0.2) is 18.2 Å². The lowest BCUT2D eigenvalue weighted by atomic mass is 10.2. The Morgan fingerprint density at radius 3 is 2.52 bits per heavy atom. The second-order valence-electron chi connectivity index (χ2n) is 4.60. The van der Waals surface area contributed by atoms with Crippen LogP contribution in [0, 0.1) is 11.6 Å². The summed E-state index contributed by atoms with van der Waals surface area (Å²) in [6.07, 6.45) is 0. The molecule has 21 heavy (non-hydrogen) atoms. The molecule has 0 aliphatic carbocycles. The van der Waals surface area contributed by atoms with Crippen LogP contribution in [0.5, 0.6) is 5.75 Å². The number of hydrogen-bond acceptors (Lipinski definition) is 2. The van der Waals surface area contributed by atoms with E-state index in [1.165, 1.54) is 4.90 Å². The molecule has 110 valence electrons. The average Bonchev–Trinajstić information content (AvgIpc) is 2.47. The fraction of sp³-hybridized carbons (Fsp3) is 0.188. The number of likely N-dealkylation sites (N-methyl/N-ethyl adjacent to an activating group) is 1. The smallest absolute Gasteiger partial charge is 0.260 e. The molecule has 0 saturated heterocycles. The summed E-state index contributed by atoms with van der Waals surface area (Å²) in [6.45, 7) is 0.140. The molecule has 2 aromatic rings. The summed E-state index contributed by atoms with van der Waals surface area (Å²) in [6, 6.07) is 12.4. The van der Waals surface area contributed by atoms with Crippen molar-refractivity contribution in [1.29, 1.82) is 0 Å². The molecule has 2 aromatic carbocycles. The third-order valence-corrected chi connectivity index (χ3v) is 2.93. The van der Waals surface area contributed by atoms with Gasteiger partial charge in [0.1, 0.15) is 5.82 Å². The van der Waals surface area contributed by atoms with E-state index >= 15 is 0 Å². The van der Waals surface area contributed by atoms with Gasteiger partial charge in [-0.2, -0.15) is 0 Å². The molecule has 0 aromatic heterocycles. The quantitative estimate of drug-likeness (QED) is 0.847. The molecule has 0 fully saturated rings. The minimum absolute atomic E-state index is 0.141. The van der Waals surface area contributed by atoms with Gasteiger partial charge >= 0.3 is 0 Å². The Morgan fingerprint density at radius 2 is 1.86 bits per heavy atom. The van der Waals surface area contributed by atoms with E-state index in [4.69, 9.17) is 4.74 Å². The molecule has 0 aliphatic heterocycles. The van der Waals surface area contributed by atoms with Gasteiger partial charge < -0.3 is 9.64 Å². The van der Waals surface area contributed by atoms with E-state index in [0.29, 0.717) is 12.6 Å². The molecule has 0 bridgehead atoms. The van der Waals surface area contributed by atoms with Crippen molar-refractivity contribution in [3.8, 4) is 5.75 Å². The fourth-order valence-corrected chi connectivity index (χ4v) is 1.79. The fourth-order valence-electron chi connectivity index (χ4n) is 1.79. The highest BCUT2D eigenvalue weighted by Gasteiger charge is 2.12. The van der Waals surface area contributed by atoms with E-state index in [0.717, 1.165) is 17.7 Å². The van der Waals surface area contributed by atoms with Gasteiger partial charge in [0.25, 0.3) is 5.91 Å². The first-order valence-corrected chi connectivity index (χ1v) is 6.42. The van der Waals surface area contributed by atoms with Crippen LogP contribution < -0.4 is 4.74 Å². The minimum atomic E-state index is -0.825. The first kappa shape index (κ1) is 15.0. The summed E-state index contributed by atoms with van der Waals surface area (Å²) < 4.78 is 31.2. The molecule has 5 heteroatoms. The first-order valence-electron chi connectivity index (χ1n) is 6.42. The van der Waals surface area contributed by atoms with Crippen molar-refractivity contribution in [2.75, 3.05) is 13.7 Å². The van der Waals surface area contributed by atoms with Crippen molar-refractivity contribution in [3.63, 3.8) is 0 Å². The van der Waals surface area contributed by atoms with E-state index in [-0.39, 0.29) is 18.3 Å². The normalized spacial score (nSPS) is 10.2. The molecule has 0 saturated carbocycles. The molecule has 1 amide bonds. The van der Waals surface area contributed by atoms with E-state index < -0.39 is 11.6 Å². The predicted octanol–water partition coefficient (Wildman–Crippen LogP) is 3.00. The summed E-state index contributed by atoms with van der Waals surface area (Å²) in [5.74, 6) is -1.94. The molecule has 2 rings (SSSR count). The maximum Gasteiger partial charge on any atom is 0.260 e. The summed E-state index contributed by atoms with van der Waals surface area (Å²) in [4.78, 5) is 13.4. The second kappa shape index (κ2) is 6.83. The Morgan fingerprint density at radius 1 is 1.14 bits per heavy atom. The van der Waals surface area contributed by atoms with Crippen LogP contribution in [0.2, 0.25) is 0 Å². The molecule has 3 nitrogen and oxygen atoms in total. The van der Waals surface area contributed by atoms with Crippen molar-refractivity contribution < 1.29 is 18.3 Å². The summed E-state index contributed by atoms with van der Waals surface area (Å²) in [7, 11) is 1.64. The van der Waals surface area contributed by atoms with Crippen LogP contribution in [0.3, 0.4) is 0 Å². The SMILES string of the molecule is CN(Cc1ccccc1)C(=O)COc1ccc(F)cc1F. The highest BCUT2D eigenvalue weighted by atomic mass is 19.1.